The fraction of sp³-hybridized carbons (Fsp3) is 0.294. The van der Waals surface area contributed by atoms with Gasteiger partial charge in [-0.1, -0.05) is 56.5 Å². The van der Waals surface area contributed by atoms with Gasteiger partial charge < -0.3 is 5.32 Å². The summed E-state index contributed by atoms with van der Waals surface area (Å²) in [6.07, 6.45) is 1.09. The molecular weight excluding hydrogens is 413 g/mol. The Morgan fingerprint density at radius 2 is 1.86 bits per heavy atom. The van der Waals surface area contributed by atoms with E-state index in [1.165, 1.54) is 16.7 Å². The third kappa shape index (κ3) is 4.32. The largest absolute Gasteiger partial charge is 0.306 e. The summed E-state index contributed by atoms with van der Waals surface area (Å²) >= 11 is 13.3. The maximum atomic E-state index is 6.09. The molecule has 0 fully saturated rings. The summed E-state index contributed by atoms with van der Waals surface area (Å²) in [6, 6.07) is 12.5. The number of hydrogen-bond acceptors (Lipinski definition) is 1. The Kier molecular flexibility index (Phi) is 6.30. The average molecular weight is 432 g/mol. The molecule has 0 bridgehead atoms. The van der Waals surface area contributed by atoms with Gasteiger partial charge in [0.1, 0.15) is 0 Å². The molecule has 1 nitrogen and oxygen atoms in total. The van der Waals surface area contributed by atoms with Gasteiger partial charge in [0.05, 0.1) is 6.04 Å². The lowest BCUT2D eigenvalue weighted by molar-refractivity contribution is 0.594. The molecule has 1 N–H and O–H groups in total. The number of nitrogens with one attached hydrogen (secondary N) is 1. The van der Waals surface area contributed by atoms with Crippen molar-refractivity contribution >= 4 is 43.5 Å². The topological polar surface area (TPSA) is 12.0 Å². The summed E-state index contributed by atoms with van der Waals surface area (Å²) in [5.41, 5.74) is 3.68. The molecule has 0 aromatic heterocycles. The average Bonchev–Trinajstić information content (AvgIpc) is 2.44. The molecule has 2 rings (SSSR count). The van der Waals surface area contributed by atoms with Crippen LogP contribution in [0.3, 0.4) is 0 Å². The Labute approximate surface area is 148 Å². The summed E-state index contributed by atoms with van der Waals surface area (Å²) < 4.78 is 2.18. The van der Waals surface area contributed by atoms with E-state index in [2.05, 4.69) is 69.2 Å². The van der Waals surface area contributed by atoms with Crippen LogP contribution in [0.5, 0.6) is 0 Å². The van der Waals surface area contributed by atoms with Gasteiger partial charge in [0.15, 0.2) is 0 Å². The molecule has 0 spiro atoms. The number of aryl methyl sites for hydroxylation is 1. The second-order valence-electron chi connectivity index (χ2n) is 5.05. The first-order chi connectivity index (χ1) is 10.0. The Hall–Kier alpha value is -0.350. The molecule has 0 saturated carbocycles. The molecule has 1 atom stereocenters. The van der Waals surface area contributed by atoms with Crippen molar-refractivity contribution in [2.75, 3.05) is 6.54 Å². The zero-order valence-corrected chi connectivity index (χ0v) is 16.0. The van der Waals surface area contributed by atoms with Gasteiger partial charge in [-0.2, -0.15) is 0 Å². The fourth-order valence-corrected chi connectivity index (χ4v) is 3.46. The Morgan fingerprint density at radius 3 is 2.52 bits per heavy atom. The minimum Gasteiger partial charge on any atom is -0.306 e. The minimum atomic E-state index is 0.147. The van der Waals surface area contributed by atoms with Crippen LogP contribution in [0, 0.1) is 6.92 Å². The maximum Gasteiger partial charge on any atom is 0.0590 e. The van der Waals surface area contributed by atoms with Crippen molar-refractivity contribution in [1.29, 1.82) is 0 Å². The summed E-state index contributed by atoms with van der Waals surface area (Å²) in [6.45, 7) is 5.24. The lowest BCUT2D eigenvalue weighted by Gasteiger charge is -2.23. The van der Waals surface area contributed by atoms with Crippen LogP contribution in [0.2, 0.25) is 5.02 Å². The monoisotopic (exact) mass is 429 g/mol. The Balaban J connectivity index is 2.49. The van der Waals surface area contributed by atoms with E-state index in [-0.39, 0.29) is 6.04 Å². The van der Waals surface area contributed by atoms with E-state index < -0.39 is 0 Å². The molecule has 0 saturated heterocycles. The summed E-state index contributed by atoms with van der Waals surface area (Å²) in [5.74, 6) is 0. The van der Waals surface area contributed by atoms with Gasteiger partial charge >= 0.3 is 0 Å². The van der Waals surface area contributed by atoms with E-state index in [4.69, 9.17) is 11.6 Å². The highest BCUT2D eigenvalue weighted by Gasteiger charge is 2.18. The lowest BCUT2D eigenvalue weighted by Crippen LogP contribution is -2.24. The predicted molar refractivity (Wildman–Crippen MR) is 98.2 cm³/mol. The first-order valence-corrected chi connectivity index (χ1v) is 8.93. The van der Waals surface area contributed by atoms with Gasteiger partial charge in [0, 0.05) is 14.0 Å². The lowest BCUT2D eigenvalue weighted by atomic mass is 9.95. The van der Waals surface area contributed by atoms with Gasteiger partial charge in [-0.3, -0.25) is 0 Å². The third-order valence-electron chi connectivity index (χ3n) is 3.41. The van der Waals surface area contributed by atoms with Crippen molar-refractivity contribution < 1.29 is 0 Å². The van der Waals surface area contributed by atoms with Crippen molar-refractivity contribution in [3.8, 4) is 0 Å². The molecule has 1 unspecified atom stereocenters. The normalized spacial score (nSPS) is 12.4. The molecule has 0 radical (unpaired) electrons. The smallest absolute Gasteiger partial charge is 0.0590 e. The van der Waals surface area contributed by atoms with Crippen LogP contribution in [0.15, 0.2) is 45.3 Å². The van der Waals surface area contributed by atoms with Crippen LogP contribution in [0.4, 0.5) is 0 Å². The zero-order chi connectivity index (χ0) is 15.4. The molecule has 112 valence electrons. The van der Waals surface area contributed by atoms with Crippen molar-refractivity contribution in [3.63, 3.8) is 0 Å². The van der Waals surface area contributed by atoms with Crippen LogP contribution >= 0.6 is 43.5 Å². The Morgan fingerprint density at radius 1 is 1.10 bits per heavy atom. The number of rotatable bonds is 5. The molecule has 0 aliphatic heterocycles. The zero-order valence-electron chi connectivity index (χ0n) is 12.1. The molecule has 2 aromatic rings. The van der Waals surface area contributed by atoms with Crippen molar-refractivity contribution in [2.24, 2.45) is 0 Å². The van der Waals surface area contributed by atoms with E-state index in [0.29, 0.717) is 0 Å². The van der Waals surface area contributed by atoms with E-state index in [0.717, 1.165) is 26.9 Å². The molecule has 0 aliphatic rings. The van der Waals surface area contributed by atoms with Crippen molar-refractivity contribution in [2.45, 2.75) is 26.3 Å². The van der Waals surface area contributed by atoms with Crippen molar-refractivity contribution in [1.82, 2.24) is 5.32 Å². The second-order valence-corrected chi connectivity index (χ2v) is 7.26. The summed E-state index contributed by atoms with van der Waals surface area (Å²) in [7, 11) is 0. The van der Waals surface area contributed by atoms with Crippen LogP contribution < -0.4 is 5.32 Å². The minimum absolute atomic E-state index is 0.147. The van der Waals surface area contributed by atoms with E-state index in [9.17, 15) is 0 Å². The maximum absolute atomic E-state index is 6.09. The van der Waals surface area contributed by atoms with Crippen molar-refractivity contribution in [3.05, 3.63) is 67.1 Å². The summed E-state index contributed by atoms with van der Waals surface area (Å²) in [5, 5.41) is 4.41. The number of hydrogen-bond donors (Lipinski definition) is 1. The highest BCUT2D eigenvalue weighted by molar-refractivity contribution is 9.11. The van der Waals surface area contributed by atoms with Gasteiger partial charge in [0.25, 0.3) is 0 Å². The first-order valence-electron chi connectivity index (χ1n) is 6.97. The quantitative estimate of drug-likeness (QED) is 0.589. The van der Waals surface area contributed by atoms with E-state index >= 15 is 0 Å². The van der Waals surface area contributed by atoms with Crippen LogP contribution in [-0.2, 0) is 0 Å². The van der Waals surface area contributed by atoms with Gasteiger partial charge in [-0.15, -0.1) is 0 Å². The molecule has 0 heterocycles. The predicted octanol–water partition coefficient (Wildman–Crippen LogP) is 6.26. The second kappa shape index (κ2) is 7.77. The number of benzene rings is 2. The highest BCUT2D eigenvalue weighted by atomic mass is 79.9. The summed E-state index contributed by atoms with van der Waals surface area (Å²) in [4.78, 5) is 0. The standard InChI is InChI=1S/C17H18Br2ClN/c1-3-8-21-17(14-6-5-13(20)9-11(14)2)15-10-12(18)4-7-16(15)19/h4-7,9-10,17,21H,3,8H2,1-2H3. The van der Waals surface area contributed by atoms with Gasteiger partial charge in [-0.25, -0.2) is 0 Å². The highest BCUT2D eigenvalue weighted by Crippen LogP contribution is 2.33. The first kappa shape index (κ1) is 17.0. The van der Waals surface area contributed by atoms with Crippen LogP contribution in [0.1, 0.15) is 36.1 Å². The van der Waals surface area contributed by atoms with E-state index in [1.54, 1.807) is 0 Å². The third-order valence-corrected chi connectivity index (χ3v) is 4.86. The molecular formula is C17H18Br2ClN. The molecule has 0 amide bonds. The molecule has 4 heteroatoms. The van der Waals surface area contributed by atoms with Crippen LogP contribution in [-0.4, -0.2) is 6.54 Å². The van der Waals surface area contributed by atoms with Gasteiger partial charge in [-0.05, 0) is 66.9 Å². The molecule has 0 aliphatic carbocycles. The molecule has 21 heavy (non-hydrogen) atoms. The number of halogens is 3. The van der Waals surface area contributed by atoms with Gasteiger partial charge in [0.2, 0.25) is 0 Å². The van der Waals surface area contributed by atoms with E-state index in [1.807, 2.05) is 18.2 Å². The fourth-order valence-electron chi connectivity index (χ4n) is 2.37. The SMILES string of the molecule is CCCNC(c1ccc(Cl)cc1C)c1cc(Br)ccc1Br. The molecule has 2 aromatic carbocycles. The van der Waals surface area contributed by atoms with Crippen LogP contribution in [0.25, 0.3) is 0 Å². The Bertz CT molecular complexity index is 628.